The van der Waals surface area contributed by atoms with Gasteiger partial charge in [-0.3, -0.25) is 4.79 Å². The van der Waals surface area contributed by atoms with E-state index in [9.17, 15) is 4.79 Å². The van der Waals surface area contributed by atoms with Crippen molar-refractivity contribution in [3.8, 4) is 11.3 Å². The zero-order chi connectivity index (χ0) is 19.5. The summed E-state index contributed by atoms with van der Waals surface area (Å²) in [5.41, 5.74) is 4.19. The van der Waals surface area contributed by atoms with Gasteiger partial charge in [0.15, 0.2) is 0 Å². The number of hydrogen-bond acceptors (Lipinski definition) is 2. The van der Waals surface area contributed by atoms with E-state index in [2.05, 4.69) is 32.0 Å². The number of rotatable bonds is 6. The molecule has 5 heteroatoms. The molecule has 2 aromatic carbocycles. The molecule has 1 unspecified atom stereocenters. The number of aromatic amines is 1. The smallest absolute Gasteiger partial charge is 0.240 e. The number of imidazole rings is 1. The number of hydrogen-bond donors (Lipinski definition) is 2. The van der Waals surface area contributed by atoms with Gasteiger partial charge in [0.25, 0.3) is 0 Å². The van der Waals surface area contributed by atoms with Crippen LogP contribution in [0.2, 0.25) is 0 Å². The van der Waals surface area contributed by atoms with Crippen LogP contribution in [-0.4, -0.2) is 20.4 Å². The molecule has 2 aromatic heterocycles. The number of para-hydroxylation sites is 1. The Bertz CT molecular complexity index is 1090. The molecule has 0 bridgehead atoms. The maximum atomic E-state index is 12.8. The summed E-state index contributed by atoms with van der Waals surface area (Å²) >= 11 is 0. The van der Waals surface area contributed by atoms with Gasteiger partial charge in [0.05, 0.1) is 17.9 Å². The average molecular weight is 372 g/mol. The van der Waals surface area contributed by atoms with Crippen LogP contribution in [0.1, 0.15) is 30.9 Å². The van der Waals surface area contributed by atoms with E-state index in [0.29, 0.717) is 6.54 Å². The highest BCUT2D eigenvalue weighted by atomic mass is 16.2. The van der Waals surface area contributed by atoms with Crippen LogP contribution in [0.15, 0.2) is 66.9 Å². The van der Waals surface area contributed by atoms with Crippen LogP contribution in [0.4, 0.5) is 0 Å². The Labute approximate surface area is 164 Å². The van der Waals surface area contributed by atoms with Crippen molar-refractivity contribution in [2.24, 2.45) is 0 Å². The van der Waals surface area contributed by atoms with Crippen molar-refractivity contribution in [1.29, 1.82) is 0 Å². The monoisotopic (exact) mass is 372 g/mol. The molecule has 0 radical (unpaired) electrons. The minimum atomic E-state index is -0.146. The molecule has 0 aliphatic carbocycles. The van der Waals surface area contributed by atoms with Crippen LogP contribution in [0, 0.1) is 6.92 Å². The van der Waals surface area contributed by atoms with E-state index < -0.39 is 0 Å². The lowest BCUT2D eigenvalue weighted by Crippen LogP contribution is -2.32. The van der Waals surface area contributed by atoms with Crippen molar-refractivity contribution in [3.63, 3.8) is 0 Å². The van der Waals surface area contributed by atoms with Crippen LogP contribution >= 0.6 is 0 Å². The number of H-pyrrole nitrogens is 1. The normalized spacial score (nSPS) is 12.2. The van der Waals surface area contributed by atoms with Crippen LogP contribution in [-0.2, 0) is 11.3 Å². The van der Waals surface area contributed by atoms with Gasteiger partial charge in [0.1, 0.15) is 12.4 Å². The van der Waals surface area contributed by atoms with Crippen molar-refractivity contribution < 1.29 is 4.79 Å². The van der Waals surface area contributed by atoms with E-state index in [4.69, 9.17) is 0 Å². The summed E-state index contributed by atoms with van der Waals surface area (Å²) in [5, 5.41) is 4.28. The molecular weight excluding hydrogens is 348 g/mol. The topological polar surface area (TPSA) is 62.7 Å². The average Bonchev–Trinajstić information content (AvgIpc) is 3.32. The molecule has 0 aliphatic heterocycles. The lowest BCUT2D eigenvalue weighted by atomic mass is 10.2. The van der Waals surface area contributed by atoms with Gasteiger partial charge in [-0.25, -0.2) is 4.98 Å². The fourth-order valence-electron chi connectivity index (χ4n) is 3.58. The zero-order valence-corrected chi connectivity index (χ0v) is 16.1. The SMILES string of the molecule is CCC(NC(=O)Cn1c(C)cc2ccccc21)c1ncc(-c2ccccc2)[nH]1. The van der Waals surface area contributed by atoms with Gasteiger partial charge in [-0.05, 0) is 36.4 Å². The number of fused-ring (bicyclic) bond motifs is 1. The molecule has 28 heavy (non-hydrogen) atoms. The molecule has 1 amide bonds. The third kappa shape index (κ3) is 3.56. The molecule has 0 saturated carbocycles. The highest BCUT2D eigenvalue weighted by Crippen LogP contribution is 2.21. The van der Waals surface area contributed by atoms with Gasteiger partial charge in [0.2, 0.25) is 5.91 Å². The maximum Gasteiger partial charge on any atom is 0.240 e. The molecular formula is C23H24N4O. The Kier molecular flexibility index (Phi) is 4.98. The van der Waals surface area contributed by atoms with Crippen molar-refractivity contribution in [1.82, 2.24) is 19.9 Å². The lowest BCUT2D eigenvalue weighted by Gasteiger charge is -2.16. The summed E-state index contributed by atoms with van der Waals surface area (Å²) in [6.07, 6.45) is 2.59. The van der Waals surface area contributed by atoms with E-state index in [0.717, 1.165) is 40.1 Å². The second-order valence-corrected chi connectivity index (χ2v) is 7.01. The van der Waals surface area contributed by atoms with Gasteiger partial charge in [-0.15, -0.1) is 0 Å². The van der Waals surface area contributed by atoms with Crippen LogP contribution in [0.25, 0.3) is 22.2 Å². The Morgan fingerprint density at radius 3 is 2.68 bits per heavy atom. The van der Waals surface area contributed by atoms with Crippen molar-refractivity contribution >= 4 is 16.8 Å². The first kappa shape index (κ1) is 18.0. The predicted molar refractivity (Wildman–Crippen MR) is 112 cm³/mol. The second-order valence-electron chi connectivity index (χ2n) is 7.01. The van der Waals surface area contributed by atoms with Crippen LogP contribution in [0.3, 0.4) is 0 Å². The molecule has 0 saturated heterocycles. The fraction of sp³-hybridized carbons (Fsp3) is 0.217. The molecule has 0 spiro atoms. The second kappa shape index (κ2) is 7.72. The first-order valence-electron chi connectivity index (χ1n) is 9.60. The van der Waals surface area contributed by atoms with E-state index in [1.807, 2.05) is 68.6 Å². The maximum absolute atomic E-state index is 12.8. The van der Waals surface area contributed by atoms with E-state index in [1.165, 1.54) is 0 Å². The summed E-state index contributed by atoms with van der Waals surface area (Å²) < 4.78 is 2.05. The number of carbonyl (C=O) groups excluding carboxylic acids is 1. The van der Waals surface area contributed by atoms with Crippen LogP contribution < -0.4 is 5.32 Å². The molecule has 0 aliphatic rings. The van der Waals surface area contributed by atoms with Crippen molar-refractivity contribution in [2.45, 2.75) is 32.9 Å². The molecule has 5 nitrogen and oxygen atoms in total. The van der Waals surface area contributed by atoms with Crippen molar-refractivity contribution in [2.75, 3.05) is 0 Å². The number of aryl methyl sites for hydroxylation is 1. The van der Waals surface area contributed by atoms with Gasteiger partial charge >= 0.3 is 0 Å². The summed E-state index contributed by atoms with van der Waals surface area (Å²) in [6, 6.07) is 20.2. The quantitative estimate of drug-likeness (QED) is 0.519. The van der Waals surface area contributed by atoms with Gasteiger partial charge in [-0.2, -0.15) is 0 Å². The molecule has 4 aromatic rings. The number of aromatic nitrogens is 3. The molecule has 1 atom stereocenters. The third-order valence-corrected chi connectivity index (χ3v) is 5.07. The Morgan fingerprint density at radius 2 is 1.89 bits per heavy atom. The first-order chi connectivity index (χ1) is 13.7. The Hall–Kier alpha value is -3.34. The minimum Gasteiger partial charge on any atom is -0.345 e. The molecule has 2 heterocycles. The summed E-state index contributed by atoms with van der Waals surface area (Å²) in [7, 11) is 0. The summed E-state index contributed by atoms with van der Waals surface area (Å²) in [4.78, 5) is 20.6. The predicted octanol–water partition coefficient (Wildman–Crippen LogP) is 4.61. The third-order valence-electron chi connectivity index (χ3n) is 5.07. The number of nitrogens with one attached hydrogen (secondary N) is 2. The highest BCUT2D eigenvalue weighted by Gasteiger charge is 2.17. The Balaban J connectivity index is 1.50. The molecule has 142 valence electrons. The largest absolute Gasteiger partial charge is 0.345 e. The van der Waals surface area contributed by atoms with Gasteiger partial charge < -0.3 is 14.9 Å². The minimum absolute atomic E-state index is 0.0195. The molecule has 4 rings (SSSR count). The van der Waals surface area contributed by atoms with E-state index >= 15 is 0 Å². The zero-order valence-electron chi connectivity index (χ0n) is 16.1. The van der Waals surface area contributed by atoms with Crippen LogP contribution in [0.5, 0.6) is 0 Å². The number of nitrogens with zero attached hydrogens (tertiary/aromatic N) is 2. The fourth-order valence-corrected chi connectivity index (χ4v) is 3.58. The number of benzene rings is 2. The van der Waals surface area contributed by atoms with E-state index in [-0.39, 0.29) is 11.9 Å². The first-order valence-corrected chi connectivity index (χ1v) is 9.60. The number of amides is 1. The van der Waals surface area contributed by atoms with Crippen molar-refractivity contribution in [3.05, 3.63) is 78.4 Å². The summed E-state index contributed by atoms with van der Waals surface area (Å²) in [6.45, 7) is 4.37. The highest BCUT2D eigenvalue weighted by molar-refractivity contribution is 5.84. The van der Waals surface area contributed by atoms with Gasteiger partial charge in [0, 0.05) is 11.2 Å². The lowest BCUT2D eigenvalue weighted by molar-refractivity contribution is -0.122. The number of carbonyl (C=O) groups is 1. The standard InChI is InChI=1S/C23H24N4O/c1-3-19(23-24-14-20(26-23)17-9-5-4-6-10-17)25-22(28)15-27-16(2)13-18-11-7-8-12-21(18)27/h4-14,19H,3,15H2,1-2H3,(H,24,26)(H,25,28). The van der Waals surface area contributed by atoms with Gasteiger partial charge in [-0.1, -0.05) is 55.5 Å². The summed E-state index contributed by atoms with van der Waals surface area (Å²) in [5.74, 6) is 0.762. The Morgan fingerprint density at radius 1 is 1.14 bits per heavy atom. The molecule has 2 N–H and O–H groups in total. The molecule has 0 fully saturated rings. The van der Waals surface area contributed by atoms with E-state index in [1.54, 1.807) is 0 Å².